The maximum absolute atomic E-state index is 5.21. The lowest BCUT2D eigenvalue weighted by molar-refractivity contribution is 0.203. The van der Waals surface area contributed by atoms with E-state index in [0.717, 1.165) is 24.6 Å². The van der Waals surface area contributed by atoms with Gasteiger partial charge in [0.25, 0.3) is 0 Å². The third-order valence-corrected chi connectivity index (χ3v) is 3.28. The number of anilines is 1. The summed E-state index contributed by atoms with van der Waals surface area (Å²) in [5.41, 5.74) is 2.45. The monoisotopic (exact) mass is 293 g/mol. The van der Waals surface area contributed by atoms with E-state index >= 15 is 0 Å². The number of hydrogen-bond acceptors (Lipinski definition) is 4. The Morgan fingerprint density at radius 2 is 1.95 bits per heavy atom. The molecule has 0 radical (unpaired) electrons. The number of nitrogens with zero attached hydrogens (tertiary/aromatic N) is 2. The number of rotatable bonds is 7. The zero-order valence-electron chi connectivity index (χ0n) is 14.7. The molecular formula is C17H31N3O. The maximum atomic E-state index is 5.21. The van der Waals surface area contributed by atoms with Crippen LogP contribution < -0.4 is 10.2 Å². The average molecular weight is 293 g/mol. The molecule has 0 unspecified atom stereocenters. The topological polar surface area (TPSA) is 37.4 Å². The molecule has 0 aliphatic carbocycles. The van der Waals surface area contributed by atoms with E-state index in [9.17, 15) is 0 Å². The molecule has 1 heterocycles. The van der Waals surface area contributed by atoms with Crippen molar-refractivity contribution in [3.63, 3.8) is 0 Å². The molecule has 0 spiro atoms. The zero-order valence-corrected chi connectivity index (χ0v) is 14.7. The lowest BCUT2D eigenvalue weighted by atomic mass is 10.1. The summed E-state index contributed by atoms with van der Waals surface area (Å²) in [4.78, 5) is 6.98. The Hall–Kier alpha value is -1.13. The van der Waals surface area contributed by atoms with Gasteiger partial charge in [0, 0.05) is 37.5 Å². The summed E-state index contributed by atoms with van der Waals surface area (Å²) >= 11 is 0. The highest BCUT2D eigenvalue weighted by Gasteiger charge is 2.14. The first kappa shape index (κ1) is 17.9. The van der Waals surface area contributed by atoms with Gasteiger partial charge in [-0.05, 0) is 59.2 Å². The number of aryl methyl sites for hydroxylation is 1. The second-order valence-electron chi connectivity index (χ2n) is 6.86. The molecule has 0 aliphatic rings. The van der Waals surface area contributed by atoms with Gasteiger partial charge in [-0.2, -0.15) is 0 Å². The number of hydrogen-bond donors (Lipinski definition) is 1. The molecule has 1 aromatic rings. The molecule has 0 atom stereocenters. The Bertz CT molecular complexity index is 438. The smallest absolute Gasteiger partial charge is 0.129 e. The van der Waals surface area contributed by atoms with E-state index in [-0.39, 0.29) is 5.54 Å². The van der Waals surface area contributed by atoms with E-state index in [1.807, 2.05) is 0 Å². The first-order valence-electron chi connectivity index (χ1n) is 7.71. The molecular weight excluding hydrogens is 262 g/mol. The fourth-order valence-electron chi connectivity index (χ4n) is 2.16. The molecule has 0 saturated heterocycles. The zero-order chi connectivity index (χ0) is 16.0. The van der Waals surface area contributed by atoms with Crippen LogP contribution in [0.25, 0.3) is 0 Å². The van der Waals surface area contributed by atoms with E-state index in [1.165, 1.54) is 5.56 Å². The van der Waals surface area contributed by atoms with Crippen molar-refractivity contribution in [3.05, 3.63) is 23.4 Å². The minimum Gasteiger partial charge on any atom is -0.383 e. The second kappa shape index (κ2) is 7.76. The highest BCUT2D eigenvalue weighted by atomic mass is 16.5. The maximum Gasteiger partial charge on any atom is 0.129 e. The average Bonchev–Trinajstić information content (AvgIpc) is 2.35. The van der Waals surface area contributed by atoms with E-state index < -0.39 is 0 Å². The van der Waals surface area contributed by atoms with Gasteiger partial charge in [-0.15, -0.1) is 0 Å². The van der Waals surface area contributed by atoms with Gasteiger partial charge in [-0.1, -0.05) is 0 Å². The first-order chi connectivity index (χ1) is 9.73. The predicted octanol–water partition coefficient (Wildman–Crippen LogP) is 3.14. The number of methoxy groups -OCH3 is 1. The molecule has 0 fully saturated rings. The molecule has 4 nitrogen and oxygen atoms in total. The standard InChI is InChI=1S/C17H31N3O/c1-13(2)20(8-9-21-7)16-11-15(10-14(3)19-16)12-18-17(4,5)6/h10-11,13,18H,8-9,12H2,1-7H3. The minimum atomic E-state index is 0.116. The molecule has 21 heavy (non-hydrogen) atoms. The highest BCUT2D eigenvalue weighted by Crippen LogP contribution is 2.18. The number of ether oxygens (including phenoxy) is 1. The van der Waals surface area contributed by atoms with Crippen molar-refractivity contribution < 1.29 is 4.74 Å². The van der Waals surface area contributed by atoms with Gasteiger partial charge in [0.15, 0.2) is 0 Å². The Morgan fingerprint density at radius 1 is 1.29 bits per heavy atom. The van der Waals surface area contributed by atoms with Crippen LogP contribution in [0.1, 0.15) is 45.9 Å². The lowest BCUT2D eigenvalue weighted by Gasteiger charge is -2.28. The summed E-state index contributed by atoms with van der Waals surface area (Å²) in [6.45, 7) is 15.4. The van der Waals surface area contributed by atoms with E-state index in [0.29, 0.717) is 12.6 Å². The molecule has 0 bridgehead atoms. The van der Waals surface area contributed by atoms with Crippen molar-refractivity contribution in [2.45, 2.75) is 59.7 Å². The quantitative estimate of drug-likeness (QED) is 0.838. The summed E-state index contributed by atoms with van der Waals surface area (Å²) < 4.78 is 5.21. The molecule has 1 N–H and O–H groups in total. The van der Waals surface area contributed by atoms with Crippen LogP contribution in [0.3, 0.4) is 0 Å². The summed E-state index contributed by atoms with van der Waals surface area (Å²) in [5, 5.41) is 3.53. The van der Waals surface area contributed by atoms with Crippen LogP contribution in [0.4, 0.5) is 5.82 Å². The molecule has 1 rings (SSSR count). The van der Waals surface area contributed by atoms with E-state index in [2.05, 4.69) is 63.9 Å². The van der Waals surface area contributed by atoms with Crippen LogP contribution in [-0.2, 0) is 11.3 Å². The largest absolute Gasteiger partial charge is 0.383 e. The molecule has 4 heteroatoms. The van der Waals surface area contributed by atoms with Crippen LogP contribution in [-0.4, -0.2) is 36.8 Å². The Kier molecular flexibility index (Phi) is 6.62. The molecule has 0 aliphatic heterocycles. The van der Waals surface area contributed by atoms with Gasteiger partial charge in [-0.3, -0.25) is 0 Å². The molecule has 0 amide bonds. The van der Waals surface area contributed by atoms with Crippen LogP contribution >= 0.6 is 0 Å². The van der Waals surface area contributed by atoms with Gasteiger partial charge >= 0.3 is 0 Å². The fraction of sp³-hybridized carbons (Fsp3) is 0.706. The summed E-state index contributed by atoms with van der Waals surface area (Å²) in [6, 6.07) is 4.73. The Labute approximate surface area is 129 Å². The third kappa shape index (κ3) is 6.44. The van der Waals surface area contributed by atoms with Gasteiger partial charge in [0.1, 0.15) is 5.82 Å². The van der Waals surface area contributed by atoms with Gasteiger partial charge in [0.2, 0.25) is 0 Å². The van der Waals surface area contributed by atoms with Crippen molar-refractivity contribution >= 4 is 5.82 Å². The van der Waals surface area contributed by atoms with Gasteiger partial charge in [-0.25, -0.2) is 4.98 Å². The molecule has 0 saturated carbocycles. The SMILES string of the molecule is COCCN(c1cc(CNC(C)(C)C)cc(C)n1)C(C)C. The van der Waals surface area contributed by atoms with Crippen molar-refractivity contribution in [2.24, 2.45) is 0 Å². The second-order valence-corrected chi connectivity index (χ2v) is 6.86. The molecule has 1 aromatic heterocycles. The van der Waals surface area contributed by atoms with Crippen LogP contribution in [0.5, 0.6) is 0 Å². The summed E-state index contributed by atoms with van der Waals surface area (Å²) in [7, 11) is 1.74. The highest BCUT2D eigenvalue weighted by molar-refractivity contribution is 5.43. The van der Waals surface area contributed by atoms with Gasteiger partial charge < -0.3 is 15.0 Å². The minimum absolute atomic E-state index is 0.116. The molecule has 0 aromatic carbocycles. The van der Waals surface area contributed by atoms with E-state index in [1.54, 1.807) is 7.11 Å². The van der Waals surface area contributed by atoms with Crippen LogP contribution in [0.15, 0.2) is 12.1 Å². The van der Waals surface area contributed by atoms with Crippen molar-refractivity contribution in [1.82, 2.24) is 10.3 Å². The van der Waals surface area contributed by atoms with Crippen molar-refractivity contribution in [3.8, 4) is 0 Å². The van der Waals surface area contributed by atoms with E-state index in [4.69, 9.17) is 9.72 Å². The van der Waals surface area contributed by atoms with Crippen LogP contribution in [0.2, 0.25) is 0 Å². The lowest BCUT2D eigenvalue weighted by Crippen LogP contribution is -2.36. The fourth-order valence-corrected chi connectivity index (χ4v) is 2.16. The number of aromatic nitrogens is 1. The number of pyridine rings is 1. The summed E-state index contributed by atoms with van der Waals surface area (Å²) in [6.07, 6.45) is 0. The van der Waals surface area contributed by atoms with Gasteiger partial charge in [0.05, 0.1) is 6.61 Å². The third-order valence-electron chi connectivity index (χ3n) is 3.28. The Morgan fingerprint density at radius 3 is 2.48 bits per heavy atom. The Balaban J connectivity index is 2.93. The normalized spacial score (nSPS) is 12.0. The predicted molar refractivity (Wildman–Crippen MR) is 89.9 cm³/mol. The van der Waals surface area contributed by atoms with Crippen molar-refractivity contribution in [2.75, 3.05) is 25.2 Å². The first-order valence-corrected chi connectivity index (χ1v) is 7.71. The van der Waals surface area contributed by atoms with Crippen molar-refractivity contribution in [1.29, 1.82) is 0 Å². The number of nitrogens with one attached hydrogen (secondary N) is 1. The van der Waals surface area contributed by atoms with Crippen LogP contribution in [0, 0.1) is 6.92 Å². The molecule has 120 valence electrons. The summed E-state index contributed by atoms with van der Waals surface area (Å²) in [5.74, 6) is 1.03.